The summed E-state index contributed by atoms with van der Waals surface area (Å²) in [6, 6.07) is 3.94. The van der Waals surface area contributed by atoms with Crippen LogP contribution < -0.4 is 10.6 Å². The van der Waals surface area contributed by atoms with Crippen molar-refractivity contribution in [3.63, 3.8) is 0 Å². The van der Waals surface area contributed by atoms with Gasteiger partial charge in [-0.25, -0.2) is 4.39 Å². The van der Waals surface area contributed by atoms with Crippen LogP contribution in [0.4, 0.5) is 4.39 Å². The number of carbonyl (C=O) groups excluding carboxylic acids is 3. The normalized spacial score (nSPS) is 26.7. The largest absolute Gasteiger partial charge is 0.347 e. The summed E-state index contributed by atoms with van der Waals surface area (Å²) in [5, 5.41) is 5.52. The first-order valence-corrected chi connectivity index (χ1v) is 7.67. The highest BCUT2D eigenvalue weighted by Gasteiger charge is 2.46. The van der Waals surface area contributed by atoms with Crippen LogP contribution in [0.15, 0.2) is 24.3 Å². The van der Waals surface area contributed by atoms with Crippen LogP contribution in [0.2, 0.25) is 0 Å². The molecule has 0 unspecified atom stereocenters. The summed E-state index contributed by atoms with van der Waals surface area (Å²) in [5.74, 6) is -1.02. The minimum atomic E-state index is -0.524. The minimum Gasteiger partial charge on any atom is -0.347 e. The molecule has 6 nitrogen and oxygen atoms in total. The van der Waals surface area contributed by atoms with Gasteiger partial charge in [-0.2, -0.15) is 0 Å². The minimum absolute atomic E-state index is 0.101. The van der Waals surface area contributed by atoms with E-state index < -0.39 is 17.9 Å². The Hall–Kier alpha value is -2.44. The number of nitrogens with zero attached hydrogens (tertiary/aromatic N) is 1. The van der Waals surface area contributed by atoms with E-state index in [-0.39, 0.29) is 23.8 Å². The molecule has 3 amide bonds. The van der Waals surface area contributed by atoms with Crippen LogP contribution in [0.3, 0.4) is 0 Å². The second-order valence-electron chi connectivity index (χ2n) is 5.89. The molecule has 2 aliphatic rings. The van der Waals surface area contributed by atoms with Crippen LogP contribution in [0.5, 0.6) is 0 Å². The summed E-state index contributed by atoms with van der Waals surface area (Å²) in [7, 11) is 0. The monoisotopic (exact) mass is 319 g/mol. The lowest BCUT2D eigenvalue weighted by Crippen LogP contribution is -2.60. The van der Waals surface area contributed by atoms with Gasteiger partial charge in [0, 0.05) is 18.2 Å². The highest BCUT2D eigenvalue weighted by molar-refractivity contribution is 5.98. The number of amides is 3. The van der Waals surface area contributed by atoms with Crippen LogP contribution in [-0.2, 0) is 9.59 Å². The number of rotatable bonds is 3. The Bertz CT molecular complexity index is 646. The molecule has 1 aromatic carbocycles. The zero-order chi connectivity index (χ0) is 16.6. The third-order valence-corrected chi connectivity index (χ3v) is 4.35. The van der Waals surface area contributed by atoms with Crippen LogP contribution in [0.25, 0.3) is 0 Å². The maximum absolute atomic E-state index is 12.9. The molecule has 3 rings (SSSR count). The Morgan fingerprint density at radius 3 is 2.70 bits per heavy atom. The first-order valence-electron chi connectivity index (χ1n) is 7.67. The molecule has 122 valence electrons. The first kappa shape index (κ1) is 15.5. The molecule has 2 heterocycles. The fraction of sp³-hybridized carbons (Fsp3) is 0.438. The van der Waals surface area contributed by atoms with Gasteiger partial charge in [0.25, 0.3) is 5.91 Å². The number of piperazine rings is 1. The summed E-state index contributed by atoms with van der Waals surface area (Å²) < 4.78 is 12.9. The SMILES string of the molecule is CC[C@@H]1NC(=O)[C@@H]2C[C@H](NC(=O)c3ccc(F)cc3)CN2C1=O. The number of nitrogens with one attached hydrogen (secondary N) is 2. The van der Waals surface area contributed by atoms with Crippen LogP contribution >= 0.6 is 0 Å². The van der Waals surface area contributed by atoms with E-state index in [2.05, 4.69) is 10.6 Å². The maximum atomic E-state index is 12.9. The van der Waals surface area contributed by atoms with E-state index in [0.717, 1.165) is 0 Å². The number of carbonyl (C=O) groups is 3. The number of benzene rings is 1. The number of halogens is 1. The fourth-order valence-corrected chi connectivity index (χ4v) is 3.11. The van der Waals surface area contributed by atoms with E-state index in [9.17, 15) is 18.8 Å². The summed E-state index contributed by atoms with van der Waals surface area (Å²) in [5.41, 5.74) is 0.346. The van der Waals surface area contributed by atoms with Crippen molar-refractivity contribution >= 4 is 17.7 Å². The van der Waals surface area contributed by atoms with Crippen molar-refractivity contribution in [2.45, 2.75) is 37.9 Å². The fourth-order valence-electron chi connectivity index (χ4n) is 3.11. The van der Waals surface area contributed by atoms with Crippen molar-refractivity contribution in [1.82, 2.24) is 15.5 Å². The summed E-state index contributed by atoms with van der Waals surface area (Å²) in [4.78, 5) is 38.1. The highest BCUT2D eigenvalue weighted by atomic mass is 19.1. The van der Waals surface area contributed by atoms with Crippen molar-refractivity contribution in [3.8, 4) is 0 Å². The molecule has 0 aromatic heterocycles. The number of fused-ring (bicyclic) bond motifs is 1. The molecule has 2 saturated heterocycles. The molecular weight excluding hydrogens is 301 g/mol. The Labute approximate surface area is 133 Å². The molecule has 0 radical (unpaired) electrons. The van der Waals surface area contributed by atoms with Gasteiger partial charge in [0.2, 0.25) is 11.8 Å². The van der Waals surface area contributed by atoms with Gasteiger partial charge in [0.05, 0.1) is 0 Å². The summed E-state index contributed by atoms with van der Waals surface area (Å²) in [6.07, 6.45) is 0.932. The topological polar surface area (TPSA) is 78.5 Å². The summed E-state index contributed by atoms with van der Waals surface area (Å²) in [6.45, 7) is 2.16. The average molecular weight is 319 g/mol. The molecule has 23 heavy (non-hydrogen) atoms. The van der Waals surface area contributed by atoms with Crippen molar-refractivity contribution in [2.75, 3.05) is 6.54 Å². The second-order valence-corrected chi connectivity index (χ2v) is 5.89. The van der Waals surface area contributed by atoms with Gasteiger partial charge in [-0.15, -0.1) is 0 Å². The van der Waals surface area contributed by atoms with Crippen molar-refractivity contribution in [3.05, 3.63) is 35.6 Å². The van der Waals surface area contributed by atoms with Gasteiger partial charge in [0.15, 0.2) is 0 Å². The molecular formula is C16H18FN3O3. The van der Waals surface area contributed by atoms with E-state index in [1.165, 1.54) is 24.3 Å². The molecule has 0 bridgehead atoms. The molecule has 2 N–H and O–H groups in total. The Kier molecular flexibility index (Phi) is 4.02. The molecule has 7 heteroatoms. The van der Waals surface area contributed by atoms with Gasteiger partial charge in [-0.05, 0) is 37.1 Å². The molecule has 0 aliphatic carbocycles. The maximum Gasteiger partial charge on any atom is 0.251 e. The van der Waals surface area contributed by atoms with Gasteiger partial charge >= 0.3 is 0 Å². The van der Waals surface area contributed by atoms with E-state index in [4.69, 9.17) is 0 Å². The smallest absolute Gasteiger partial charge is 0.251 e. The van der Waals surface area contributed by atoms with Gasteiger partial charge < -0.3 is 15.5 Å². The van der Waals surface area contributed by atoms with Gasteiger partial charge in [-0.3, -0.25) is 14.4 Å². The third kappa shape index (κ3) is 2.91. The Balaban J connectivity index is 1.67. The van der Waals surface area contributed by atoms with E-state index in [1.807, 2.05) is 6.92 Å². The van der Waals surface area contributed by atoms with Crippen LogP contribution in [0.1, 0.15) is 30.1 Å². The molecule has 2 fully saturated rings. The van der Waals surface area contributed by atoms with Gasteiger partial charge in [-0.1, -0.05) is 6.92 Å². The van der Waals surface area contributed by atoms with Crippen LogP contribution in [-0.4, -0.2) is 47.3 Å². The zero-order valence-electron chi connectivity index (χ0n) is 12.7. The second kappa shape index (κ2) is 5.98. The van der Waals surface area contributed by atoms with E-state index >= 15 is 0 Å². The predicted molar refractivity (Wildman–Crippen MR) is 80.0 cm³/mol. The lowest BCUT2D eigenvalue weighted by Gasteiger charge is -2.33. The van der Waals surface area contributed by atoms with Crippen molar-refractivity contribution in [1.29, 1.82) is 0 Å². The molecule has 0 saturated carbocycles. The van der Waals surface area contributed by atoms with Crippen LogP contribution in [0, 0.1) is 5.82 Å². The molecule has 0 spiro atoms. The van der Waals surface area contributed by atoms with E-state index in [1.54, 1.807) is 4.90 Å². The predicted octanol–water partition coefficient (Wildman–Crippen LogP) is 0.433. The van der Waals surface area contributed by atoms with Gasteiger partial charge in [0.1, 0.15) is 17.9 Å². The Morgan fingerprint density at radius 2 is 2.04 bits per heavy atom. The molecule has 2 aliphatic heterocycles. The standard InChI is InChI=1S/C16H18FN3O3/c1-2-12-16(23)20-8-11(7-13(20)15(22)19-12)18-14(21)9-3-5-10(17)6-4-9/h3-6,11-13H,2,7-8H2,1H3,(H,18,21)(H,19,22)/t11-,12-,13-/m0/s1. The number of hydrogen-bond donors (Lipinski definition) is 2. The quantitative estimate of drug-likeness (QED) is 0.848. The third-order valence-electron chi connectivity index (χ3n) is 4.35. The van der Waals surface area contributed by atoms with Crippen molar-refractivity contribution < 1.29 is 18.8 Å². The highest BCUT2D eigenvalue weighted by Crippen LogP contribution is 2.23. The first-order chi connectivity index (χ1) is 11.0. The molecule has 3 atom stereocenters. The van der Waals surface area contributed by atoms with Crippen molar-refractivity contribution in [2.24, 2.45) is 0 Å². The lowest BCUT2D eigenvalue weighted by atomic mass is 10.1. The Morgan fingerprint density at radius 1 is 1.35 bits per heavy atom. The van der Waals surface area contributed by atoms with E-state index in [0.29, 0.717) is 24.9 Å². The zero-order valence-corrected chi connectivity index (χ0v) is 12.7. The molecule has 1 aromatic rings. The number of hydrogen-bond acceptors (Lipinski definition) is 3. The average Bonchev–Trinajstić information content (AvgIpc) is 2.96. The lowest BCUT2D eigenvalue weighted by molar-refractivity contribution is -0.147. The summed E-state index contributed by atoms with van der Waals surface area (Å²) >= 11 is 0.